The summed E-state index contributed by atoms with van der Waals surface area (Å²) in [5.41, 5.74) is 7.73. The van der Waals surface area contributed by atoms with E-state index < -0.39 is 25.4 Å². The number of ether oxygens (including phenoxy) is 4. The fourth-order valence-corrected chi connectivity index (χ4v) is 9.09. The van der Waals surface area contributed by atoms with E-state index in [4.69, 9.17) is 38.3 Å². The molecule has 16 heteroatoms. The van der Waals surface area contributed by atoms with E-state index >= 15 is 0 Å². The van der Waals surface area contributed by atoms with Crippen LogP contribution in [0.25, 0.3) is 0 Å². The smallest absolute Gasteiger partial charge is 0.505 e. The van der Waals surface area contributed by atoms with Gasteiger partial charge in [-0.3, -0.25) is 23.4 Å². The Morgan fingerprint density at radius 2 is 1.74 bits per heavy atom. The summed E-state index contributed by atoms with van der Waals surface area (Å²) in [6, 6.07) is 8.75. The number of phosphoric ester groups is 1. The Bertz CT molecular complexity index is 1670. The van der Waals surface area contributed by atoms with Gasteiger partial charge in [0.1, 0.15) is 23.7 Å². The fraction of sp³-hybridized carbons (Fsp3) is 0.595. The predicted octanol–water partition coefficient (Wildman–Crippen LogP) is 4.70. The summed E-state index contributed by atoms with van der Waals surface area (Å²) in [7, 11) is 0.320. The first-order valence-electron chi connectivity index (χ1n) is 18.0. The number of benzene rings is 2. The molecule has 292 valence electrons. The summed E-state index contributed by atoms with van der Waals surface area (Å²) in [5, 5.41) is 15.6. The molecule has 0 saturated heterocycles. The Morgan fingerprint density at radius 3 is 2.47 bits per heavy atom. The molecule has 0 radical (unpaired) electrons. The van der Waals surface area contributed by atoms with Gasteiger partial charge < -0.3 is 44.9 Å². The minimum absolute atomic E-state index is 0.000117. The summed E-state index contributed by atoms with van der Waals surface area (Å²) in [5.74, 6) is 0.137. The van der Waals surface area contributed by atoms with Gasteiger partial charge in [0.05, 0.1) is 45.3 Å². The van der Waals surface area contributed by atoms with E-state index in [9.17, 15) is 24.1 Å². The molecule has 5 N–H and O–H groups in total. The number of hydrogen-bond acceptors (Lipinski definition) is 12. The van der Waals surface area contributed by atoms with Crippen molar-refractivity contribution in [1.82, 2.24) is 5.32 Å². The number of nitrogens with one attached hydrogen (secondary N) is 2. The SMILES string of the molecule is COc1ccc(NC(=O)COCCOCCNC(=O)CCOC2CCC3C4CCc5cc(OP(=O)(OC)OC)ccc5C4CCC23C)c(O)c1C(N)=O. The lowest BCUT2D eigenvalue weighted by Gasteiger charge is -2.50. The average molecular weight is 762 g/mol. The molecule has 5 rings (SSSR count). The van der Waals surface area contributed by atoms with Crippen LogP contribution in [0.1, 0.15) is 72.9 Å². The van der Waals surface area contributed by atoms with Crippen LogP contribution in [0.15, 0.2) is 30.3 Å². The Hall–Kier alpha value is -3.72. The topological polar surface area (TPSA) is 203 Å². The van der Waals surface area contributed by atoms with E-state index in [2.05, 4.69) is 23.6 Å². The Kier molecular flexibility index (Phi) is 13.8. The van der Waals surface area contributed by atoms with E-state index in [1.54, 1.807) is 0 Å². The number of anilines is 1. The molecule has 5 atom stereocenters. The number of primary amides is 1. The summed E-state index contributed by atoms with van der Waals surface area (Å²) < 4.78 is 50.1. The number of amides is 3. The van der Waals surface area contributed by atoms with Crippen molar-refractivity contribution in [3.05, 3.63) is 47.0 Å². The van der Waals surface area contributed by atoms with Crippen molar-refractivity contribution >= 4 is 31.2 Å². The molecule has 2 saturated carbocycles. The number of carbonyl (C=O) groups excluding carboxylic acids is 3. The quantitative estimate of drug-likeness (QED) is 0.0875. The molecule has 2 fully saturated rings. The second kappa shape index (κ2) is 18.1. The van der Waals surface area contributed by atoms with E-state index in [1.807, 2.05) is 12.1 Å². The molecule has 0 spiro atoms. The summed E-state index contributed by atoms with van der Waals surface area (Å²) in [6.07, 6.45) is 6.65. The molecule has 0 aromatic heterocycles. The maximum absolute atomic E-state index is 12.5. The molecule has 0 heterocycles. The van der Waals surface area contributed by atoms with Crippen molar-refractivity contribution in [1.29, 1.82) is 0 Å². The first kappa shape index (κ1) is 40.5. The number of nitrogens with two attached hydrogens (primary N) is 1. The lowest BCUT2D eigenvalue weighted by molar-refractivity contribution is -0.124. The zero-order chi connectivity index (χ0) is 38.2. The zero-order valence-electron chi connectivity index (χ0n) is 30.9. The van der Waals surface area contributed by atoms with Crippen LogP contribution in [-0.2, 0) is 43.8 Å². The van der Waals surface area contributed by atoms with Gasteiger partial charge in [0.15, 0.2) is 5.75 Å². The Labute approximate surface area is 310 Å². The molecule has 2 aromatic carbocycles. The number of aryl methyl sites for hydroxylation is 1. The summed E-state index contributed by atoms with van der Waals surface area (Å²) >= 11 is 0. The van der Waals surface area contributed by atoms with Gasteiger partial charge in [-0.2, -0.15) is 0 Å². The van der Waals surface area contributed by atoms with Crippen LogP contribution in [0.5, 0.6) is 17.2 Å². The molecule has 53 heavy (non-hydrogen) atoms. The van der Waals surface area contributed by atoms with Crippen molar-refractivity contribution in [2.24, 2.45) is 23.0 Å². The third-order valence-electron chi connectivity index (χ3n) is 11.0. The van der Waals surface area contributed by atoms with Crippen molar-refractivity contribution in [2.75, 3.05) is 66.2 Å². The van der Waals surface area contributed by atoms with Gasteiger partial charge in [-0.15, -0.1) is 0 Å². The Morgan fingerprint density at radius 1 is 0.962 bits per heavy atom. The number of phosphoric acid groups is 1. The van der Waals surface area contributed by atoms with E-state index in [0.717, 1.165) is 38.5 Å². The van der Waals surface area contributed by atoms with Gasteiger partial charge in [-0.05, 0) is 97.1 Å². The third-order valence-corrected chi connectivity index (χ3v) is 12.3. The number of hydrogen-bond donors (Lipinski definition) is 4. The summed E-state index contributed by atoms with van der Waals surface area (Å²) in [4.78, 5) is 36.3. The molecule has 5 unspecified atom stereocenters. The van der Waals surface area contributed by atoms with Crippen LogP contribution in [0.2, 0.25) is 0 Å². The van der Waals surface area contributed by atoms with Gasteiger partial charge in [0.25, 0.3) is 5.91 Å². The standard InChI is InChI=1S/C37H52N3O12P/c1-37-15-13-26-25-8-6-24(52-53(45,47-3)48-4)21-23(25)5-7-27(26)28(37)9-12-31(37)51-17-14-32(41)39-16-18-49-19-20-50-22-33(42)40-29-10-11-30(46-2)34(35(29)43)36(38)44/h6,8,10-11,21,26-28,31,43H,5,7,9,12-20,22H2,1-4H3,(H2,38,44)(H,39,41)(H,40,42). The summed E-state index contributed by atoms with van der Waals surface area (Å²) in [6.45, 7) is 3.38. The first-order chi connectivity index (χ1) is 25.4. The predicted molar refractivity (Wildman–Crippen MR) is 194 cm³/mol. The van der Waals surface area contributed by atoms with Gasteiger partial charge in [0, 0.05) is 27.2 Å². The van der Waals surface area contributed by atoms with E-state index in [1.165, 1.54) is 44.6 Å². The van der Waals surface area contributed by atoms with Crippen LogP contribution in [-0.4, -0.2) is 89.8 Å². The highest BCUT2D eigenvalue weighted by molar-refractivity contribution is 7.48. The van der Waals surface area contributed by atoms with Crippen molar-refractivity contribution < 1.29 is 56.6 Å². The lowest BCUT2D eigenvalue weighted by Crippen LogP contribution is -2.45. The second-order valence-corrected chi connectivity index (χ2v) is 15.7. The maximum Gasteiger partial charge on any atom is 0.529 e. The van der Waals surface area contributed by atoms with Gasteiger partial charge in [0.2, 0.25) is 11.8 Å². The Balaban J connectivity index is 0.954. The van der Waals surface area contributed by atoms with Gasteiger partial charge in [-0.25, -0.2) is 4.57 Å². The van der Waals surface area contributed by atoms with Crippen molar-refractivity contribution in [3.8, 4) is 17.2 Å². The van der Waals surface area contributed by atoms with E-state index in [0.29, 0.717) is 36.7 Å². The average Bonchev–Trinajstić information content (AvgIpc) is 3.48. The van der Waals surface area contributed by atoms with Crippen molar-refractivity contribution in [3.63, 3.8) is 0 Å². The molecule has 3 aliphatic rings. The molecule has 3 aliphatic carbocycles. The number of fused-ring (bicyclic) bond motifs is 5. The minimum Gasteiger partial charge on any atom is -0.505 e. The van der Waals surface area contributed by atoms with E-state index in [-0.39, 0.29) is 67.3 Å². The first-order valence-corrected chi connectivity index (χ1v) is 19.5. The number of phenols is 1. The second-order valence-electron chi connectivity index (χ2n) is 13.9. The molecule has 3 amide bonds. The van der Waals surface area contributed by atoms with Gasteiger partial charge >= 0.3 is 7.82 Å². The van der Waals surface area contributed by atoms with Crippen LogP contribution in [0, 0.1) is 17.3 Å². The highest BCUT2D eigenvalue weighted by atomic mass is 31.2. The number of methoxy groups -OCH3 is 1. The van der Waals surface area contributed by atoms with Crippen LogP contribution >= 0.6 is 7.82 Å². The van der Waals surface area contributed by atoms with Crippen LogP contribution in [0.3, 0.4) is 0 Å². The highest BCUT2D eigenvalue weighted by Gasteiger charge is 2.55. The van der Waals surface area contributed by atoms with Gasteiger partial charge in [-0.1, -0.05) is 13.0 Å². The van der Waals surface area contributed by atoms with Crippen LogP contribution in [0.4, 0.5) is 5.69 Å². The molecule has 15 nitrogen and oxygen atoms in total. The van der Waals surface area contributed by atoms with Crippen LogP contribution < -0.4 is 25.6 Å². The van der Waals surface area contributed by atoms with Crippen molar-refractivity contribution in [2.45, 2.75) is 63.9 Å². The molecular weight excluding hydrogens is 709 g/mol. The minimum atomic E-state index is -3.62. The number of carbonyl (C=O) groups is 3. The zero-order valence-corrected chi connectivity index (χ0v) is 31.7. The molecule has 0 bridgehead atoms. The molecule has 2 aromatic rings. The lowest BCUT2D eigenvalue weighted by atomic mass is 9.55. The highest BCUT2D eigenvalue weighted by Crippen LogP contribution is 2.62. The fourth-order valence-electron chi connectivity index (χ4n) is 8.42. The number of aromatic hydroxyl groups is 1. The number of rotatable bonds is 19. The largest absolute Gasteiger partial charge is 0.529 e. The maximum atomic E-state index is 12.5. The normalized spacial score (nSPS) is 23.3. The third kappa shape index (κ3) is 9.51. The molecular formula is C37H52N3O12P. The monoisotopic (exact) mass is 761 g/mol. The molecule has 0 aliphatic heterocycles.